The number of nitrogens with zero attached hydrogens (tertiary/aromatic N) is 2. The molecule has 4 aromatic carbocycles. The lowest BCUT2D eigenvalue weighted by Crippen LogP contribution is -2.32. The van der Waals surface area contributed by atoms with Crippen LogP contribution in [-0.4, -0.2) is 35.8 Å². The Hall–Kier alpha value is -4.72. The van der Waals surface area contributed by atoms with Gasteiger partial charge in [-0.05, 0) is 35.4 Å². The SMILES string of the molecule is COc1ccccc1[C@H]1CC(c2c(-c3ccccc3)c3cc(Cl)ccc3[nH]c2=O)=NN1C(=O)[C@@H](OC)c1ccccc1. The Labute approximate surface area is 248 Å². The van der Waals surface area contributed by atoms with Crippen LogP contribution in [0.2, 0.25) is 5.02 Å². The van der Waals surface area contributed by atoms with E-state index in [9.17, 15) is 9.59 Å². The lowest BCUT2D eigenvalue weighted by atomic mass is 9.90. The third-order valence-corrected chi connectivity index (χ3v) is 7.76. The van der Waals surface area contributed by atoms with E-state index in [1.807, 2.05) is 91.0 Å². The Morgan fingerprint density at radius 3 is 2.33 bits per heavy atom. The highest BCUT2D eigenvalue weighted by Crippen LogP contribution is 2.41. The lowest BCUT2D eigenvalue weighted by molar-refractivity contribution is -0.144. The fourth-order valence-electron chi connectivity index (χ4n) is 5.62. The van der Waals surface area contributed by atoms with Crippen molar-refractivity contribution in [3.05, 3.63) is 135 Å². The van der Waals surface area contributed by atoms with Crippen LogP contribution in [0.15, 0.2) is 113 Å². The van der Waals surface area contributed by atoms with E-state index < -0.39 is 12.1 Å². The fourth-order valence-corrected chi connectivity index (χ4v) is 5.79. The van der Waals surface area contributed by atoms with Gasteiger partial charge in [0.05, 0.1) is 24.4 Å². The molecule has 0 fully saturated rings. The van der Waals surface area contributed by atoms with Crippen molar-refractivity contribution in [2.75, 3.05) is 14.2 Å². The third-order valence-electron chi connectivity index (χ3n) is 7.52. The molecule has 7 nitrogen and oxygen atoms in total. The van der Waals surface area contributed by atoms with E-state index >= 15 is 0 Å². The van der Waals surface area contributed by atoms with Gasteiger partial charge in [-0.15, -0.1) is 0 Å². The monoisotopic (exact) mass is 577 g/mol. The quantitative estimate of drug-likeness (QED) is 0.227. The van der Waals surface area contributed by atoms with Crippen molar-refractivity contribution in [3.63, 3.8) is 0 Å². The normalized spacial score (nSPS) is 15.5. The molecule has 1 amide bonds. The van der Waals surface area contributed by atoms with Crippen molar-refractivity contribution in [2.45, 2.75) is 18.6 Å². The van der Waals surface area contributed by atoms with Crippen LogP contribution in [0.4, 0.5) is 0 Å². The largest absolute Gasteiger partial charge is 0.496 e. The highest BCUT2D eigenvalue weighted by Gasteiger charge is 2.39. The molecule has 0 radical (unpaired) electrons. The number of ether oxygens (including phenoxy) is 2. The number of methoxy groups -OCH3 is 2. The van der Waals surface area contributed by atoms with Crippen molar-refractivity contribution in [2.24, 2.45) is 5.10 Å². The van der Waals surface area contributed by atoms with Gasteiger partial charge in [0.25, 0.3) is 11.5 Å². The minimum atomic E-state index is -0.895. The first-order valence-electron chi connectivity index (χ1n) is 13.5. The number of carbonyl (C=O) groups is 1. The number of halogens is 1. The van der Waals surface area contributed by atoms with E-state index in [4.69, 9.17) is 26.2 Å². The van der Waals surface area contributed by atoms with Crippen molar-refractivity contribution in [1.29, 1.82) is 0 Å². The number of para-hydroxylation sites is 1. The average Bonchev–Trinajstić information content (AvgIpc) is 3.46. The molecule has 0 unspecified atom stereocenters. The summed E-state index contributed by atoms with van der Waals surface area (Å²) in [7, 11) is 3.09. The molecular formula is C34H28ClN3O4. The first-order chi connectivity index (χ1) is 20.5. The van der Waals surface area contributed by atoms with Crippen LogP contribution in [0.5, 0.6) is 5.75 Å². The topological polar surface area (TPSA) is 84.0 Å². The number of pyridine rings is 1. The molecule has 0 aliphatic carbocycles. The smallest absolute Gasteiger partial charge is 0.276 e. The summed E-state index contributed by atoms with van der Waals surface area (Å²) in [5, 5.41) is 7.63. The summed E-state index contributed by atoms with van der Waals surface area (Å²) >= 11 is 6.44. The molecule has 210 valence electrons. The van der Waals surface area contributed by atoms with Crippen molar-refractivity contribution >= 4 is 34.1 Å². The molecule has 0 saturated heterocycles. The van der Waals surface area contributed by atoms with Gasteiger partial charge in [-0.3, -0.25) is 9.59 Å². The molecule has 2 atom stereocenters. The number of aromatic nitrogens is 1. The maximum absolute atomic E-state index is 14.2. The molecule has 6 rings (SSSR count). The number of rotatable bonds is 7. The van der Waals surface area contributed by atoms with Crippen molar-refractivity contribution in [1.82, 2.24) is 9.99 Å². The van der Waals surface area contributed by atoms with Gasteiger partial charge < -0.3 is 14.5 Å². The predicted octanol–water partition coefficient (Wildman–Crippen LogP) is 6.92. The van der Waals surface area contributed by atoms with Gasteiger partial charge in [0.2, 0.25) is 0 Å². The maximum Gasteiger partial charge on any atom is 0.276 e. The second-order valence-corrected chi connectivity index (χ2v) is 10.4. The first-order valence-corrected chi connectivity index (χ1v) is 13.9. The average molecular weight is 578 g/mol. The van der Waals surface area contributed by atoms with Crippen LogP contribution in [0.3, 0.4) is 0 Å². The highest BCUT2D eigenvalue weighted by atomic mass is 35.5. The van der Waals surface area contributed by atoms with Gasteiger partial charge in [-0.25, -0.2) is 5.01 Å². The van der Waals surface area contributed by atoms with E-state index in [0.717, 1.165) is 16.5 Å². The van der Waals surface area contributed by atoms with Gasteiger partial charge in [-0.2, -0.15) is 5.10 Å². The molecule has 1 aliphatic rings. The molecule has 2 heterocycles. The summed E-state index contributed by atoms with van der Waals surface area (Å²) in [5.41, 5.74) is 4.24. The summed E-state index contributed by atoms with van der Waals surface area (Å²) in [6.45, 7) is 0. The molecule has 0 bridgehead atoms. The van der Waals surface area contributed by atoms with Crippen LogP contribution < -0.4 is 10.3 Å². The summed E-state index contributed by atoms with van der Waals surface area (Å²) in [6, 6.07) is 31.3. The highest BCUT2D eigenvalue weighted by molar-refractivity contribution is 6.31. The number of carbonyl (C=O) groups excluding carboxylic acids is 1. The predicted molar refractivity (Wildman–Crippen MR) is 165 cm³/mol. The molecule has 0 saturated carbocycles. The van der Waals surface area contributed by atoms with Crippen LogP contribution in [0, 0.1) is 0 Å². The Morgan fingerprint density at radius 2 is 1.62 bits per heavy atom. The molecule has 0 spiro atoms. The number of aromatic amines is 1. The Balaban J connectivity index is 1.57. The van der Waals surface area contributed by atoms with Crippen LogP contribution in [-0.2, 0) is 9.53 Å². The first kappa shape index (κ1) is 27.4. The number of hydrogen-bond acceptors (Lipinski definition) is 5. The number of hydrazone groups is 1. The molecule has 42 heavy (non-hydrogen) atoms. The number of nitrogens with one attached hydrogen (secondary N) is 1. The van der Waals surface area contributed by atoms with Gasteiger partial charge in [-0.1, -0.05) is 90.5 Å². The number of benzene rings is 4. The van der Waals surface area contributed by atoms with Crippen molar-refractivity contribution in [3.8, 4) is 16.9 Å². The van der Waals surface area contributed by atoms with E-state index in [-0.39, 0.29) is 17.9 Å². The number of amides is 1. The van der Waals surface area contributed by atoms with Gasteiger partial charge >= 0.3 is 0 Å². The molecule has 5 aromatic rings. The molecule has 1 aromatic heterocycles. The third kappa shape index (κ3) is 4.98. The van der Waals surface area contributed by atoms with E-state index in [0.29, 0.717) is 38.7 Å². The standard InChI is InChI=1S/C34H28ClN3O4/c1-41-29-16-10-9-15-24(29)28-20-27(37-38(28)34(40)32(42-2)22-13-7-4-8-14-22)31-30(21-11-5-3-6-12-21)25-19-23(35)17-18-26(25)36-33(31)39/h3-19,28,32H,20H2,1-2H3,(H,36,39)/t28-,32+/m1/s1. The second kappa shape index (κ2) is 11.6. The number of hydrogen-bond donors (Lipinski definition) is 1. The number of H-pyrrole nitrogens is 1. The number of fused-ring (bicyclic) bond motifs is 1. The zero-order valence-electron chi connectivity index (χ0n) is 23.1. The minimum Gasteiger partial charge on any atom is -0.496 e. The maximum atomic E-state index is 14.2. The zero-order valence-corrected chi connectivity index (χ0v) is 23.8. The Bertz CT molecular complexity index is 1850. The summed E-state index contributed by atoms with van der Waals surface area (Å²) in [5.74, 6) is 0.268. The second-order valence-electron chi connectivity index (χ2n) is 9.98. The molecule has 1 aliphatic heterocycles. The van der Waals surface area contributed by atoms with Gasteiger partial charge in [0.1, 0.15) is 5.75 Å². The molecule has 1 N–H and O–H groups in total. The Morgan fingerprint density at radius 1 is 0.929 bits per heavy atom. The summed E-state index contributed by atoms with van der Waals surface area (Å²) in [6.07, 6.45) is -0.611. The molecule has 8 heteroatoms. The van der Waals surface area contributed by atoms with Gasteiger partial charge in [0, 0.05) is 40.6 Å². The lowest BCUT2D eigenvalue weighted by Gasteiger charge is -2.27. The summed E-state index contributed by atoms with van der Waals surface area (Å²) in [4.78, 5) is 31.0. The molecular weight excluding hydrogens is 550 g/mol. The van der Waals surface area contributed by atoms with Crippen LogP contribution >= 0.6 is 11.6 Å². The van der Waals surface area contributed by atoms with E-state index in [1.54, 1.807) is 19.2 Å². The fraction of sp³-hybridized carbons (Fsp3) is 0.147. The minimum absolute atomic E-state index is 0.284. The van der Waals surface area contributed by atoms with Crippen molar-refractivity contribution < 1.29 is 14.3 Å². The zero-order chi connectivity index (χ0) is 29.2. The van der Waals surface area contributed by atoms with E-state index in [1.165, 1.54) is 12.1 Å². The van der Waals surface area contributed by atoms with Crippen LogP contribution in [0.1, 0.15) is 35.3 Å². The Kier molecular flexibility index (Phi) is 7.61. The van der Waals surface area contributed by atoms with Gasteiger partial charge in [0.15, 0.2) is 6.10 Å². The van der Waals surface area contributed by atoms with E-state index in [2.05, 4.69) is 4.98 Å². The summed E-state index contributed by atoms with van der Waals surface area (Å²) < 4.78 is 11.4. The van der Waals surface area contributed by atoms with Crippen LogP contribution in [0.25, 0.3) is 22.0 Å².